The molecule has 0 aliphatic heterocycles. The largest absolute Gasteiger partial charge is 0.264 e. The summed E-state index contributed by atoms with van der Waals surface area (Å²) < 4.78 is 28.7. The maximum Gasteiger partial charge on any atom is 0.206 e. The second-order valence-corrected chi connectivity index (χ2v) is 21.4. The first-order chi connectivity index (χ1) is 39.9. The summed E-state index contributed by atoms with van der Waals surface area (Å²) in [6.45, 7) is 0. The van der Waals surface area contributed by atoms with Gasteiger partial charge in [-0.25, -0.2) is 18.4 Å². The molecular formula is C73H51N5O2S. The van der Waals surface area contributed by atoms with Crippen molar-refractivity contribution in [2.45, 2.75) is 9.79 Å². The van der Waals surface area contributed by atoms with E-state index in [0.29, 0.717) is 0 Å². The number of sulfone groups is 1. The Kier molecular flexibility index (Phi) is 14.9. The van der Waals surface area contributed by atoms with Crippen molar-refractivity contribution in [1.29, 1.82) is 0 Å². The SMILES string of the molecule is O=S(=O)(c1cc(-c2ccccc2)cc(-c2ccccc2)c1)c1cc(-c2ccccc2)cc(-c2ccccc2)c1.c1ccc(-c2cc(-c3cccnc3)cc(-c3cc(-c4cc(-c5cccnc5)cc(-c5cccnc5)c4)ncn3)c2)cc1. The van der Waals surface area contributed by atoms with Crippen LogP contribution in [0.25, 0.3) is 112 Å². The summed E-state index contributed by atoms with van der Waals surface area (Å²) in [6.07, 6.45) is 12.7. The second kappa shape index (κ2) is 23.6. The highest BCUT2D eigenvalue weighted by Crippen LogP contribution is 2.38. The van der Waals surface area contributed by atoms with Crippen molar-refractivity contribution in [2.75, 3.05) is 0 Å². The van der Waals surface area contributed by atoms with E-state index < -0.39 is 9.84 Å². The first kappa shape index (κ1) is 51.2. The highest BCUT2D eigenvalue weighted by Gasteiger charge is 2.23. The lowest BCUT2D eigenvalue weighted by atomic mass is 9.94. The highest BCUT2D eigenvalue weighted by atomic mass is 32.2. The Labute approximate surface area is 472 Å². The monoisotopic (exact) mass is 1060 g/mol. The summed E-state index contributed by atoms with van der Waals surface area (Å²) in [7, 11) is -3.86. The Morgan fingerprint density at radius 1 is 0.222 bits per heavy atom. The fraction of sp³-hybridized carbons (Fsp3) is 0. The quantitative estimate of drug-likeness (QED) is 0.120. The predicted molar refractivity (Wildman–Crippen MR) is 328 cm³/mol. The van der Waals surface area contributed by atoms with Crippen LogP contribution >= 0.6 is 0 Å². The zero-order chi connectivity index (χ0) is 54.8. The molecular weight excluding hydrogens is 1010 g/mol. The Morgan fingerprint density at radius 3 is 0.716 bits per heavy atom. The summed E-state index contributed by atoms with van der Waals surface area (Å²) in [5, 5.41) is 0. The lowest BCUT2D eigenvalue weighted by Crippen LogP contribution is -2.04. The van der Waals surface area contributed by atoms with Gasteiger partial charge in [0.1, 0.15) is 6.33 Å². The minimum Gasteiger partial charge on any atom is -0.264 e. The summed E-state index contributed by atoms with van der Waals surface area (Å²) in [6, 6.07) is 88.5. The van der Waals surface area contributed by atoms with Crippen LogP contribution in [0.1, 0.15) is 0 Å². The van der Waals surface area contributed by atoms with Crippen molar-refractivity contribution in [3.63, 3.8) is 0 Å². The Bertz CT molecular complexity index is 3860. The van der Waals surface area contributed by atoms with E-state index in [0.717, 1.165) is 112 Å². The van der Waals surface area contributed by atoms with Crippen molar-refractivity contribution >= 4 is 9.84 Å². The standard InChI is InChI=1S/C37H25N5.C36H26O2S/c1-2-7-26(8-3-1)30-15-31(27-9-4-12-38-22-27)18-34(17-30)36-21-37(42-25-41-36)35-19-32(28-10-5-13-39-23-28)16-33(20-35)29-11-6-14-40-24-29;37-39(38,35-23-31(27-13-5-1-6-14-27)21-32(24-35)28-15-7-2-8-16-28)36-25-33(29-17-9-3-10-18-29)22-34(26-36)30-19-11-4-12-20-30/h1-25H;1-26H. The maximum atomic E-state index is 14.4. The highest BCUT2D eigenvalue weighted by molar-refractivity contribution is 7.91. The van der Waals surface area contributed by atoms with Crippen LogP contribution in [0.3, 0.4) is 0 Å². The number of rotatable bonds is 12. The third kappa shape index (κ3) is 11.8. The lowest BCUT2D eigenvalue weighted by molar-refractivity contribution is 0.596. The number of hydrogen-bond acceptors (Lipinski definition) is 7. The minimum atomic E-state index is -3.86. The molecule has 0 atom stereocenters. The average molecular weight is 1060 g/mol. The van der Waals surface area contributed by atoms with Crippen LogP contribution in [0.5, 0.6) is 0 Å². The summed E-state index contributed by atoms with van der Waals surface area (Å²) in [4.78, 5) is 23.0. The van der Waals surface area contributed by atoms with E-state index in [1.807, 2.05) is 164 Å². The number of pyridine rings is 3. The molecule has 13 rings (SSSR count). The maximum absolute atomic E-state index is 14.4. The number of benzene rings is 9. The first-order valence-electron chi connectivity index (χ1n) is 26.5. The normalized spacial score (nSPS) is 11.1. The number of hydrogen-bond donors (Lipinski definition) is 0. The Balaban J connectivity index is 0.000000161. The van der Waals surface area contributed by atoms with Gasteiger partial charge in [0.05, 0.1) is 21.2 Å². The van der Waals surface area contributed by atoms with E-state index in [1.165, 1.54) is 0 Å². The topological polar surface area (TPSA) is 98.6 Å². The molecule has 0 spiro atoms. The minimum absolute atomic E-state index is 0.270. The fourth-order valence-electron chi connectivity index (χ4n) is 9.96. The van der Waals surface area contributed by atoms with E-state index >= 15 is 0 Å². The van der Waals surface area contributed by atoms with Gasteiger partial charge in [0.2, 0.25) is 9.84 Å². The molecule has 0 radical (unpaired) electrons. The molecule has 0 aliphatic rings. The van der Waals surface area contributed by atoms with Gasteiger partial charge >= 0.3 is 0 Å². The molecule has 0 fully saturated rings. The van der Waals surface area contributed by atoms with Crippen LogP contribution in [0.4, 0.5) is 0 Å². The second-order valence-electron chi connectivity index (χ2n) is 19.4. The van der Waals surface area contributed by atoms with Gasteiger partial charge < -0.3 is 0 Å². The van der Waals surface area contributed by atoms with Gasteiger partial charge in [-0.1, -0.05) is 170 Å². The van der Waals surface area contributed by atoms with E-state index in [4.69, 9.17) is 9.97 Å². The summed E-state index contributed by atoms with van der Waals surface area (Å²) in [5.74, 6) is 0. The number of aromatic nitrogens is 5. The molecule has 7 nitrogen and oxygen atoms in total. The number of nitrogens with zero attached hydrogens (tertiary/aromatic N) is 5. The van der Waals surface area contributed by atoms with Crippen molar-refractivity contribution < 1.29 is 8.42 Å². The van der Waals surface area contributed by atoms with Crippen molar-refractivity contribution in [2.24, 2.45) is 0 Å². The molecule has 9 aromatic carbocycles. The fourth-order valence-corrected chi connectivity index (χ4v) is 11.4. The van der Waals surface area contributed by atoms with Crippen LogP contribution in [0.2, 0.25) is 0 Å². The van der Waals surface area contributed by atoms with E-state index in [1.54, 1.807) is 49.2 Å². The molecule has 0 N–H and O–H groups in total. The van der Waals surface area contributed by atoms with Gasteiger partial charge in [0.15, 0.2) is 0 Å². The van der Waals surface area contributed by atoms with Crippen LogP contribution in [0.15, 0.2) is 320 Å². The van der Waals surface area contributed by atoms with E-state index in [9.17, 15) is 8.42 Å². The van der Waals surface area contributed by atoms with Gasteiger partial charge in [-0.05, 0) is 169 Å². The molecule has 0 aliphatic carbocycles. The Morgan fingerprint density at radius 2 is 0.457 bits per heavy atom. The van der Waals surface area contributed by atoms with Gasteiger partial charge in [-0.15, -0.1) is 0 Å². The zero-order valence-electron chi connectivity index (χ0n) is 43.9. The van der Waals surface area contributed by atoms with Crippen LogP contribution in [-0.2, 0) is 9.84 Å². The van der Waals surface area contributed by atoms with Gasteiger partial charge in [-0.3, -0.25) is 15.0 Å². The average Bonchev–Trinajstić information content (AvgIpc) is 3.58. The smallest absolute Gasteiger partial charge is 0.206 e. The molecule has 0 saturated carbocycles. The van der Waals surface area contributed by atoms with Crippen molar-refractivity contribution in [1.82, 2.24) is 24.9 Å². The predicted octanol–water partition coefficient (Wildman–Crippen LogP) is 17.9. The van der Waals surface area contributed by atoms with Gasteiger partial charge in [0, 0.05) is 65.0 Å². The molecule has 81 heavy (non-hydrogen) atoms. The first-order valence-corrected chi connectivity index (χ1v) is 28.0. The summed E-state index contributed by atoms with van der Waals surface area (Å²) in [5.41, 5.74) is 19.6. The van der Waals surface area contributed by atoms with Crippen LogP contribution in [0, 0.1) is 0 Å². The van der Waals surface area contributed by atoms with E-state index in [-0.39, 0.29) is 9.79 Å². The third-order valence-electron chi connectivity index (χ3n) is 14.1. The molecule has 13 aromatic rings. The van der Waals surface area contributed by atoms with Gasteiger partial charge in [-0.2, -0.15) is 0 Å². The molecule has 0 bridgehead atoms. The van der Waals surface area contributed by atoms with Crippen molar-refractivity contribution in [3.05, 3.63) is 310 Å². The molecule has 0 unspecified atom stereocenters. The molecule has 0 amide bonds. The van der Waals surface area contributed by atoms with E-state index in [2.05, 4.69) is 112 Å². The molecule has 8 heteroatoms. The zero-order valence-corrected chi connectivity index (χ0v) is 44.7. The Hall–Kier alpha value is -10.5. The molecule has 386 valence electrons. The van der Waals surface area contributed by atoms with Crippen molar-refractivity contribution in [3.8, 4) is 112 Å². The third-order valence-corrected chi connectivity index (χ3v) is 15.8. The van der Waals surface area contributed by atoms with Crippen LogP contribution in [-0.4, -0.2) is 33.3 Å². The summed E-state index contributed by atoms with van der Waals surface area (Å²) >= 11 is 0. The molecule has 0 saturated heterocycles. The molecule has 4 aromatic heterocycles. The van der Waals surface area contributed by atoms with Crippen LogP contribution < -0.4 is 0 Å². The molecule has 4 heterocycles. The lowest BCUT2D eigenvalue weighted by Gasteiger charge is -2.14. The van der Waals surface area contributed by atoms with Gasteiger partial charge in [0.25, 0.3) is 0 Å².